The van der Waals surface area contributed by atoms with Crippen LogP contribution in [-0.2, 0) is 14.4 Å². The molecule has 1 aromatic rings. The molecule has 7 nitrogen and oxygen atoms in total. The molecular formula is C26H25ClNO6-. The lowest BCUT2D eigenvalue weighted by Gasteiger charge is -2.44. The van der Waals surface area contributed by atoms with Crippen LogP contribution >= 0.6 is 11.6 Å². The van der Waals surface area contributed by atoms with Gasteiger partial charge in [0.25, 0.3) is 0 Å². The molecule has 1 aromatic carbocycles. The van der Waals surface area contributed by atoms with Gasteiger partial charge < -0.3 is 24.3 Å². The predicted molar refractivity (Wildman–Crippen MR) is 123 cm³/mol. The number of Topliss-reactive ketones (excluding diaryl/α,β-unsaturated/α-hetero) is 2. The number of ether oxygens (including phenoxy) is 2. The van der Waals surface area contributed by atoms with Crippen LogP contribution in [-0.4, -0.2) is 42.7 Å². The number of allylic oxidation sites excluding steroid dienone is 4. The normalized spacial score (nSPS) is 18.4. The van der Waals surface area contributed by atoms with Gasteiger partial charge in [-0.3, -0.25) is 9.59 Å². The van der Waals surface area contributed by atoms with Crippen LogP contribution < -0.4 is 14.6 Å². The number of carbonyl (C=O) groups is 3. The third kappa shape index (κ3) is 4.30. The van der Waals surface area contributed by atoms with E-state index in [0.29, 0.717) is 66.7 Å². The van der Waals surface area contributed by atoms with Crippen LogP contribution in [0.2, 0.25) is 5.02 Å². The smallest absolute Gasteiger partial charge is 0.181 e. The third-order valence-electron chi connectivity index (χ3n) is 6.51. The number of benzene rings is 1. The first-order chi connectivity index (χ1) is 16.4. The highest BCUT2D eigenvalue weighted by Crippen LogP contribution is 2.51. The van der Waals surface area contributed by atoms with Crippen molar-refractivity contribution in [2.24, 2.45) is 0 Å². The van der Waals surface area contributed by atoms with Crippen molar-refractivity contribution in [2.45, 2.75) is 50.9 Å². The number of terminal acetylenes is 1. The van der Waals surface area contributed by atoms with Gasteiger partial charge in [-0.15, -0.1) is 6.42 Å². The maximum Gasteiger partial charge on any atom is 0.181 e. The first-order valence-electron chi connectivity index (χ1n) is 11.3. The summed E-state index contributed by atoms with van der Waals surface area (Å²) < 4.78 is 11.1. The Labute approximate surface area is 203 Å². The highest BCUT2D eigenvalue weighted by Gasteiger charge is 2.43. The summed E-state index contributed by atoms with van der Waals surface area (Å²) in [6.45, 7) is 0.171. The Morgan fingerprint density at radius 2 is 1.76 bits per heavy atom. The molecule has 0 amide bonds. The second kappa shape index (κ2) is 9.94. The fourth-order valence-corrected chi connectivity index (χ4v) is 5.46. The van der Waals surface area contributed by atoms with Crippen molar-refractivity contribution in [2.75, 3.05) is 20.3 Å². The summed E-state index contributed by atoms with van der Waals surface area (Å²) in [6.07, 6.45) is 8.46. The summed E-state index contributed by atoms with van der Waals surface area (Å²) in [6, 6.07) is 3.43. The van der Waals surface area contributed by atoms with Gasteiger partial charge in [-0.1, -0.05) is 17.5 Å². The largest absolute Gasteiger partial charge is 0.550 e. The topological polar surface area (TPSA) is 96.0 Å². The van der Waals surface area contributed by atoms with Crippen LogP contribution in [0, 0.1) is 12.3 Å². The number of carboxylic acid groups (broad SMARTS) is 1. The van der Waals surface area contributed by atoms with E-state index in [4.69, 9.17) is 27.5 Å². The minimum Gasteiger partial charge on any atom is -0.550 e. The van der Waals surface area contributed by atoms with Gasteiger partial charge in [-0.25, -0.2) is 0 Å². The molecule has 178 valence electrons. The molecule has 0 saturated carbocycles. The Morgan fingerprint density at radius 3 is 2.29 bits per heavy atom. The van der Waals surface area contributed by atoms with E-state index < -0.39 is 11.9 Å². The lowest BCUT2D eigenvalue weighted by atomic mass is 9.71. The van der Waals surface area contributed by atoms with E-state index >= 15 is 0 Å². The van der Waals surface area contributed by atoms with E-state index in [1.807, 2.05) is 4.90 Å². The number of rotatable bonds is 7. The van der Waals surface area contributed by atoms with Crippen LogP contribution in [0.5, 0.6) is 11.5 Å². The maximum atomic E-state index is 13.3. The van der Waals surface area contributed by atoms with Gasteiger partial charge in [0.1, 0.15) is 6.61 Å². The van der Waals surface area contributed by atoms with Crippen molar-refractivity contribution in [3.8, 4) is 23.8 Å². The molecule has 0 fully saturated rings. The van der Waals surface area contributed by atoms with Gasteiger partial charge in [0.2, 0.25) is 0 Å². The van der Waals surface area contributed by atoms with Crippen molar-refractivity contribution < 1.29 is 29.0 Å². The number of aliphatic carboxylic acids is 1. The van der Waals surface area contributed by atoms with E-state index in [2.05, 4.69) is 5.92 Å². The van der Waals surface area contributed by atoms with E-state index in [1.54, 1.807) is 12.1 Å². The molecule has 4 rings (SSSR count). The number of carboxylic acids is 1. The molecule has 0 bridgehead atoms. The number of halogens is 1. The van der Waals surface area contributed by atoms with Crippen LogP contribution in [0.1, 0.15) is 56.4 Å². The molecule has 3 aliphatic rings. The zero-order chi connectivity index (χ0) is 24.4. The molecule has 8 heteroatoms. The number of nitrogens with zero attached hydrogens (tertiary/aromatic N) is 1. The molecule has 0 N–H and O–H groups in total. The summed E-state index contributed by atoms with van der Waals surface area (Å²) in [7, 11) is 1.48. The molecule has 1 aliphatic heterocycles. The SMILES string of the molecule is C#CCOc1c(Cl)cc(C2C3=C(CCCC3=O)N(CCC(=O)[O-])C3=C2C(=O)CCC3)cc1OC. The average molecular weight is 483 g/mol. The lowest BCUT2D eigenvalue weighted by molar-refractivity contribution is -0.305. The summed E-state index contributed by atoms with van der Waals surface area (Å²) in [4.78, 5) is 39.7. The van der Waals surface area contributed by atoms with Crippen molar-refractivity contribution in [3.05, 3.63) is 45.3 Å². The van der Waals surface area contributed by atoms with E-state index in [1.165, 1.54) is 7.11 Å². The first kappa shape index (κ1) is 23.9. The van der Waals surface area contributed by atoms with Crippen LogP contribution in [0.15, 0.2) is 34.7 Å². The van der Waals surface area contributed by atoms with Gasteiger partial charge >= 0.3 is 0 Å². The minimum atomic E-state index is -1.17. The number of carbonyl (C=O) groups excluding carboxylic acids is 3. The Hall–Kier alpha value is -3.24. The fourth-order valence-electron chi connectivity index (χ4n) is 5.18. The molecule has 1 heterocycles. The minimum absolute atomic E-state index is 0.00776. The average Bonchev–Trinajstić information content (AvgIpc) is 2.81. The first-order valence-corrected chi connectivity index (χ1v) is 11.7. The number of ketones is 2. The zero-order valence-electron chi connectivity index (χ0n) is 18.9. The molecular weight excluding hydrogens is 458 g/mol. The van der Waals surface area contributed by atoms with Crippen LogP contribution in [0.4, 0.5) is 0 Å². The monoisotopic (exact) mass is 482 g/mol. The van der Waals surface area contributed by atoms with Crippen LogP contribution in [0.25, 0.3) is 0 Å². The maximum absolute atomic E-state index is 13.3. The fraction of sp³-hybridized carbons (Fsp3) is 0.423. The van der Waals surface area contributed by atoms with Crippen molar-refractivity contribution in [3.63, 3.8) is 0 Å². The van der Waals surface area contributed by atoms with E-state index in [-0.39, 0.29) is 36.2 Å². The summed E-state index contributed by atoms with van der Waals surface area (Å²) in [5, 5.41) is 11.5. The Balaban J connectivity index is 1.91. The van der Waals surface area contributed by atoms with Crippen molar-refractivity contribution in [1.29, 1.82) is 0 Å². The van der Waals surface area contributed by atoms with Gasteiger partial charge in [-0.2, -0.15) is 0 Å². The van der Waals surface area contributed by atoms with Gasteiger partial charge in [0, 0.05) is 60.2 Å². The summed E-state index contributed by atoms with van der Waals surface area (Å²) >= 11 is 6.55. The molecule has 0 saturated heterocycles. The third-order valence-corrected chi connectivity index (χ3v) is 6.79. The molecule has 0 spiro atoms. The Bertz CT molecular complexity index is 1110. The number of hydrogen-bond donors (Lipinski definition) is 0. The predicted octanol–water partition coefficient (Wildman–Crippen LogP) is 2.91. The second-order valence-electron chi connectivity index (χ2n) is 8.51. The zero-order valence-corrected chi connectivity index (χ0v) is 19.7. The summed E-state index contributed by atoms with van der Waals surface area (Å²) in [5.74, 6) is 1.18. The molecule has 0 aromatic heterocycles. The molecule has 0 unspecified atom stereocenters. The molecule has 34 heavy (non-hydrogen) atoms. The highest BCUT2D eigenvalue weighted by atomic mass is 35.5. The van der Waals surface area contributed by atoms with Gasteiger partial charge in [-0.05, 0) is 43.4 Å². The number of hydrogen-bond acceptors (Lipinski definition) is 7. The number of methoxy groups -OCH3 is 1. The van der Waals surface area contributed by atoms with Crippen LogP contribution in [0.3, 0.4) is 0 Å². The Morgan fingerprint density at radius 1 is 1.15 bits per heavy atom. The molecule has 0 atom stereocenters. The van der Waals surface area contributed by atoms with Gasteiger partial charge in [0.05, 0.1) is 12.1 Å². The van der Waals surface area contributed by atoms with Crippen molar-refractivity contribution >= 4 is 29.1 Å². The Kier molecular flexibility index (Phi) is 6.99. The molecule has 0 radical (unpaired) electrons. The quantitative estimate of drug-likeness (QED) is 0.551. The standard InChI is InChI=1S/C26H26ClNO6/c1-3-12-34-26-16(27)13-15(14-21(26)33-2)23-24-17(6-4-8-19(24)29)28(11-10-22(31)32)18-7-5-9-20(30)25(18)23/h1,13-14,23H,4-12H2,2H3,(H,31,32)/p-1. The highest BCUT2D eigenvalue weighted by molar-refractivity contribution is 6.32. The second-order valence-corrected chi connectivity index (χ2v) is 8.91. The summed E-state index contributed by atoms with van der Waals surface area (Å²) in [5.41, 5.74) is 3.31. The van der Waals surface area contributed by atoms with E-state index in [9.17, 15) is 19.5 Å². The van der Waals surface area contributed by atoms with Gasteiger partial charge in [0.15, 0.2) is 23.1 Å². The molecule has 2 aliphatic carbocycles. The van der Waals surface area contributed by atoms with E-state index in [0.717, 1.165) is 11.4 Å². The lowest BCUT2D eigenvalue weighted by Crippen LogP contribution is -2.40. The van der Waals surface area contributed by atoms with Crippen molar-refractivity contribution in [1.82, 2.24) is 4.90 Å².